The Morgan fingerprint density at radius 1 is 1.07 bits per heavy atom. The van der Waals surface area contributed by atoms with E-state index in [-0.39, 0.29) is 0 Å². The molecule has 1 fully saturated rings. The monoisotopic (exact) mass is 198 g/mol. The normalized spacial score (nSPS) is 19.9. The summed E-state index contributed by atoms with van der Waals surface area (Å²) in [7, 11) is 0. The smallest absolute Gasteiger partial charge is 0.0449 e. The average molecular weight is 198 g/mol. The van der Waals surface area contributed by atoms with Crippen LogP contribution in [0, 0.1) is 0 Å². The highest BCUT2D eigenvalue weighted by molar-refractivity contribution is 5.36. The van der Waals surface area contributed by atoms with Gasteiger partial charge >= 0.3 is 0 Å². The predicted octanol–water partition coefficient (Wildman–Crippen LogP) is 2.51. The fraction of sp³-hybridized carbons (Fsp3) is 0.231. The highest BCUT2D eigenvalue weighted by atomic mass is 15.0. The molecule has 15 heavy (non-hydrogen) atoms. The molecule has 0 saturated carbocycles. The lowest BCUT2D eigenvalue weighted by Crippen LogP contribution is -2.34. The van der Waals surface area contributed by atoms with E-state index in [1.807, 2.05) is 12.1 Å². The molecular weight excluding hydrogens is 184 g/mol. The van der Waals surface area contributed by atoms with Crippen LogP contribution in [0.3, 0.4) is 0 Å². The molecule has 1 atom stereocenters. The number of benzene rings is 1. The van der Waals surface area contributed by atoms with E-state index in [0.29, 0.717) is 6.04 Å². The zero-order valence-electron chi connectivity index (χ0n) is 8.56. The first-order chi connectivity index (χ1) is 7.43. The quantitative estimate of drug-likeness (QED) is 0.784. The van der Waals surface area contributed by atoms with Gasteiger partial charge in [0.2, 0.25) is 0 Å². The van der Waals surface area contributed by atoms with E-state index in [4.69, 9.17) is 0 Å². The van der Waals surface area contributed by atoms with Crippen LogP contribution in [0.4, 0.5) is 0 Å². The summed E-state index contributed by atoms with van der Waals surface area (Å²) in [5.74, 6) is 0. The molecule has 0 unspecified atom stereocenters. The number of rotatable bonds is 2. The van der Waals surface area contributed by atoms with Crippen molar-refractivity contribution in [2.45, 2.75) is 12.5 Å². The summed E-state index contributed by atoms with van der Waals surface area (Å²) < 4.78 is 2.12. The van der Waals surface area contributed by atoms with Gasteiger partial charge in [-0.15, -0.1) is 0 Å². The molecule has 3 rings (SSSR count). The molecular formula is C13H14N2. The van der Waals surface area contributed by atoms with Gasteiger partial charge in [0.25, 0.3) is 0 Å². The summed E-state index contributed by atoms with van der Waals surface area (Å²) in [5.41, 5.74) is 2.63. The third kappa shape index (κ3) is 1.57. The molecule has 2 heterocycles. The summed E-state index contributed by atoms with van der Waals surface area (Å²) in [6.07, 6.45) is 5.40. The second-order valence-electron chi connectivity index (χ2n) is 3.98. The van der Waals surface area contributed by atoms with Gasteiger partial charge in [0.15, 0.2) is 0 Å². The highest BCUT2D eigenvalue weighted by Gasteiger charge is 2.17. The molecule has 2 aromatic rings. The van der Waals surface area contributed by atoms with Gasteiger partial charge in [-0.3, -0.25) is 0 Å². The van der Waals surface area contributed by atoms with Crippen molar-refractivity contribution in [3.63, 3.8) is 0 Å². The van der Waals surface area contributed by atoms with Crippen LogP contribution >= 0.6 is 0 Å². The third-order valence-electron chi connectivity index (χ3n) is 3.02. The van der Waals surface area contributed by atoms with Gasteiger partial charge < -0.3 is 9.88 Å². The van der Waals surface area contributed by atoms with Gasteiger partial charge in [-0.1, -0.05) is 12.1 Å². The van der Waals surface area contributed by atoms with Crippen molar-refractivity contribution in [3.8, 4) is 5.69 Å². The fourth-order valence-electron chi connectivity index (χ4n) is 1.96. The first-order valence-corrected chi connectivity index (χ1v) is 5.40. The zero-order chi connectivity index (χ0) is 10.1. The lowest BCUT2D eigenvalue weighted by atomic mass is 9.98. The molecule has 1 aliphatic heterocycles. The maximum Gasteiger partial charge on any atom is 0.0449 e. The van der Waals surface area contributed by atoms with Crippen molar-refractivity contribution in [1.29, 1.82) is 0 Å². The van der Waals surface area contributed by atoms with E-state index in [1.165, 1.54) is 17.7 Å². The summed E-state index contributed by atoms with van der Waals surface area (Å²) in [4.78, 5) is 0. The predicted molar refractivity (Wildman–Crippen MR) is 61.1 cm³/mol. The summed E-state index contributed by atoms with van der Waals surface area (Å²) in [6, 6.07) is 13.5. The number of hydrogen-bond donors (Lipinski definition) is 1. The Labute approximate surface area is 89.5 Å². The molecule has 2 heteroatoms. The SMILES string of the molecule is c1ccn(-c2ccc([C@@H]3CCN3)cc2)c1. The van der Waals surface area contributed by atoms with E-state index in [2.05, 4.69) is 46.5 Å². The molecule has 1 saturated heterocycles. The Hall–Kier alpha value is -1.54. The highest BCUT2D eigenvalue weighted by Crippen LogP contribution is 2.23. The Morgan fingerprint density at radius 3 is 2.27 bits per heavy atom. The molecule has 1 aromatic carbocycles. The maximum atomic E-state index is 3.41. The Kier molecular flexibility index (Phi) is 2.07. The van der Waals surface area contributed by atoms with Crippen molar-refractivity contribution < 1.29 is 0 Å². The minimum atomic E-state index is 0.587. The molecule has 0 radical (unpaired) electrons. The topological polar surface area (TPSA) is 17.0 Å². The Bertz CT molecular complexity index is 424. The van der Waals surface area contributed by atoms with Gasteiger partial charge in [0.05, 0.1) is 0 Å². The number of hydrogen-bond acceptors (Lipinski definition) is 1. The second-order valence-corrected chi connectivity index (χ2v) is 3.98. The second kappa shape index (κ2) is 3.55. The Balaban J connectivity index is 1.87. The minimum absolute atomic E-state index is 0.587. The van der Waals surface area contributed by atoms with Gasteiger partial charge in [0.1, 0.15) is 0 Å². The molecule has 0 amide bonds. The van der Waals surface area contributed by atoms with Crippen molar-refractivity contribution in [1.82, 2.24) is 9.88 Å². The van der Waals surface area contributed by atoms with Crippen LogP contribution in [-0.2, 0) is 0 Å². The molecule has 0 aliphatic carbocycles. The first-order valence-electron chi connectivity index (χ1n) is 5.40. The van der Waals surface area contributed by atoms with Crippen LogP contribution in [0.5, 0.6) is 0 Å². The zero-order valence-corrected chi connectivity index (χ0v) is 8.56. The van der Waals surface area contributed by atoms with Crippen LogP contribution in [-0.4, -0.2) is 11.1 Å². The summed E-state index contributed by atoms with van der Waals surface area (Å²) >= 11 is 0. The molecule has 1 N–H and O–H groups in total. The molecule has 0 spiro atoms. The lowest BCUT2D eigenvalue weighted by Gasteiger charge is -2.28. The fourth-order valence-corrected chi connectivity index (χ4v) is 1.96. The largest absolute Gasteiger partial charge is 0.324 e. The van der Waals surface area contributed by atoms with Crippen LogP contribution in [0.1, 0.15) is 18.0 Å². The lowest BCUT2D eigenvalue weighted by molar-refractivity contribution is 0.383. The molecule has 76 valence electrons. The van der Waals surface area contributed by atoms with E-state index in [9.17, 15) is 0 Å². The van der Waals surface area contributed by atoms with Crippen LogP contribution < -0.4 is 5.32 Å². The van der Waals surface area contributed by atoms with Crippen molar-refractivity contribution in [3.05, 3.63) is 54.4 Å². The molecule has 1 aromatic heterocycles. The van der Waals surface area contributed by atoms with Crippen molar-refractivity contribution >= 4 is 0 Å². The Morgan fingerprint density at radius 2 is 1.73 bits per heavy atom. The van der Waals surface area contributed by atoms with Crippen molar-refractivity contribution in [2.75, 3.05) is 6.54 Å². The minimum Gasteiger partial charge on any atom is -0.324 e. The van der Waals surface area contributed by atoms with Gasteiger partial charge in [-0.25, -0.2) is 0 Å². The van der Waals surface area contributed by atoms with E-state index >= 15 is 0 Å². The average Bonchev–Trinajstić information content (AvgIpc) is 2.69. The summed E-state index contributed by atoms with van der Waals surface area (Å²) in [5, 5.41) is 3.41. The van der Waals surface area contributed by atoms with E-state index < -0.39 is 0 Å². The van der Waals surface area contributed by atoms with Crippen LogP contribution in [0.15, 0.2) is 48.8 Å². The van der Waals surface area contributed by atoms with Crippen LogP contribution in [0.2, 0.25) is 0 Å². The molecule has 2 nitrogen and oxygen atoms in total. The number of nitrogens with one attached hydrogen (secondary N) is 1. The standard InChI is InChI=1S/C13H14N2/c1-2-10-15(9-1)12-5-3-11(4-6-12)13-7-8-14-13/h1-6,9-10,13-14H,7-8H2/t13-/m0/s1. The van der Waals surface area contributed by atoms with Gasteiger partial charge in [0, 0.05) is 24.1 Å². The first kappa shape index (κ1) is 8.74. The number of nitrogens with zero attached hydrogens (tertiary/aromatic N) is 1. The molecule has 0 bridgehead atoms. The van der Waals surface area contributed by atoms with E-state index in [0.717, 1.165) is 6.54 Å². The van der Waals surface area contributed by atoms with E-state index in [1.54, 1.807) is 0 Å². The number of aromatic nitrogens is 1. The summed E-state index contributed by atoms with van der Waals surface area (Å²) in [6.45, 7) is 1.16. The van der Waals surface area contributed by atoms with Gasteiger partial charge in [-0.2, -0.15) is 0 Å². The molecule has 1 aliphatic rings. The van der Waals surface area contributed by atoms with Gasteiger partial charge in [-0.05, 0) is 42.8 Å². The third-order valence-corrected chi connectivity index (χ3v) is 3.02. The van der Waals surface area contributed by atoms with Crippen LogP contribution in [0.25, 0.3) is 5.69 Å². The van der Waals surface area contributed by atoms with Crippen molar-refractivity contribution in [2.24, 2.45) is 0 Å². The maximum absolute atomic E-state index is 3.41.